The van der Waals surface area contributed by atoms with Crippen molar-refractivity contribution in [3.63, 3.8) is 0 Å². The lowest BCUT2D eigenvalue weighted by molar-refractivity contribution is 0.0270. The average Bonchev–Trinajstić information content (AvgIpc) is 3.28. The van der Waals surface area contributed by atoms with Crippen LogP contribution >= 0.6 is 22.6 Å². The minimum atomic E-state index is -0.414. The second-order valence-electron chi connectivity index (χ2n) is 8.26. The van der Waals surface area contributed by atoms with Crippen molar-refractivity contribution >= 4 is 28.7 Å². The molecule has 1 amide bonds. The number of hydrogen-bond acceptors (Lipinski definition) is 3. The molecule has 0 radical (unpaired) electrons. The molecule has 0 aromatic carbocycles. The highest BCUT2D eigenvalue weighted by Crippen LogP contribution is 2.58. The third-order valence-electron chi connectivity index (χ3n) is 5.10. The van der Waals surface area contributed by atoms with Crippen molar-refractivity contribution in [1.82, 2.24) is 14.7 Å². The number of likely N-dealkylation sites (tertiary alicyclic amines) is 1. The molecule has 2 heterocycles. The number of piperidine rings is 1. The van der Waals surface area contributed by atoms with Crippen LogP contribution in [-0.4, -0.2) is 39.5 Å². The van der Waals surface area contributed by atoms with Gasteiger partial charge in [-0.3, -0.25) is 4.68 Å². The average molecular weight is 429 g/mol. The Morgan fingerprint density at radius 3 is 2.57 bits per heavy atom. The Kier molecular flexibility index (Phi) is 3.66. The number of carbonyl (C=O) groups excluding carboxylic acids is 1. The summed E-state index contributed by atoms with van der Waals surface area (Å²) < 4.78 is 8.81. The van der Waals surface area contributed by atoms with Crippen LogP contribution in [0.25, 0.3) is 0 Å². The highest BCUT2D eigenvalue weighted by Gasteiger charge is 2.59. The van der Waals surface area contributed by atoms with Crippen molar-refractivity contribution in [3.8, 4) is 0 Å². The summed E-state index contributed by atoms with van der Waals surface area (Å²) in [4.78, 5) is 14.1. The van der Waals surface area contributed by atoms with Gasteiger partial charge in [0.15, 0.2) is 0 Å². The van der Waals surface area contributed by atoms with Crippen molar-refractivity contribution in [2.75, 3.05) is 13.1 Å². The molecule has 2 aliphatic carbocycles. The summed E-state index contributed by atoms with van der Waals surface area (Å²) in [5, 5.41) is 4.68. The molecule has 0 unspecified atom stereocenters. The van der Waals surface area contributed by atoms with Gasteiger partial charge in [0.25, 0.3) is 0 Å². The lowest BCUT2D eigenvalue weighted by Gasteiger charge is -2.26. The van der Waals surface area contributed by atoms with Crippen LogP contribution in [0.4, 0.5) is 4.79 Å². The maximum absolute atomic E-state index is 12.2. The smallest absolute Gasteiger partial charge is 0.410 e. The van der Waals surface area contributed by atoms with E-state index in [9.17, 15) is 4.79 Å². The van der Waals surface area contributed by atoms with E-state index in [4.69, 9.17) is 4.74 Å². The van der Waals surface area contributed by atoms with Crippen LogP contribution in [0.3, 0.4) is 0 Å². The molecular formula is C17H24IN3O2. The van der Waals surface area contributed by atoms with Crippen LogP contribution in [0.2, 0.25) is 0 Å². The number of aromatic nitrogens is 2. The molecule has 0 spiro atoms. The summed E-state index contributed by atoms with van der Waals surface area (Å²) in [5.74, 6) is 2.60. The topological polar surface area (TPSA) is 47.4 Å². The number of fused-ring (bicyclic) bond motifs is 1. The van der Waals surface area contributed by atoms with Gasteiger partial charge in [-0.25, -0.2) is 4.79 Å². The number of nitrogens with zero attached hydrogens (tertiary/aromatic N) is 3. The zero-order valence-corrected chi connectivity index (χ0v) is 16.1. The summed E-state index contributed by atoms with van der Waals surface area (Å²) in [6.07, 6.45) is 2.53. The Labute approximate surface area is 150 Å². The molecule has 23 heavy (non-hydrogen) atoms. The number of carbonyl (C=O) groups is 1. The van der Waals surface area contributed by atoms with Gasteiger partial charge >= 0.3 is 6.09 Å². The third kappa shape index (κ3) is 3.23. The summed E-state index contributed by atoms with van der Waals surface area (Å²) in [6.45, 7) is 8.49. The van der Waals surface area contributed by atoms with Crippen molar-refractivity contribution in [3.05, 3.63) is 15.5 Å². The minimum absolute atomic E-state index is 0.162. The zero-order chi connectivity index (χ0) is 16.4. The quantitative estimate of drug-likeness (QED) is 0.692. The second kappa shape index (κ2) is 5.36. The van der Waals surface area contributed by atoms with Crippen LogP contribution in [0.1, 0.15) is 45.2 Å². The fourth-order valence-electron chi connectivity index (χ4n) is 3.80. The maximum atomic E-state index is 12.2. The first-order valence-corrected chi connectivity index (χ1v) is 9.61. The van der Waals surface area contributed by atoms with Gasteiger partial charge in [-0.05, 0) is 80.0 Å². The largest absolute Gasteiger partial charge is 0.444 e. The van der Waals surface area contributed by atoms with Crippen LogP contribution in [0.15, 0.2) is 6.07 Å². The number of halogens is 1. The summed E-state index contributed by atoms with van der Waals surface area (Å²) >= 11 is 2.31. The van der Waals surface area contributed by atoms with Crippen molar-refractivity contribution in [2.45, 2.75) is 51.7 Å². The standard InChI is InChI=1S/C17H24IN3O2/c1-17(2,3)23-16(22)20-8-11-12(9-20)15(11)13-6-14(18)19-21(13)7-10-4-5-10/h6,10-12,15H,4-5,7-9H2,1-3H3/t11-,12+,15+. The maximum Gasteiger partial charge on any atom is 0.410 e. The van der Waals surface area contributed by atoms with E-state index in [-0.39, 0.29) is 6.09 Å². The minimum Gasteiger partial charge on any atom is -0.444 e. The molecule has 4 rings (SSSR count). The monoisotopic (exact) mass is 429 g/mol. The van der Waals surface area contributed by atoms with E-state index >= 15 is 0 Å². The summed E-state index contributed by atoms with van der Waals surface area (Å²) in [7, 11) is 0. The van der Waals surface area contributed by atoms with Gasteiger partial charge in [0, 0.05) is 31.2 Å². The van der Waals surface area contributed by atoms with Crippen LogP contribution < -0.4 is 0 Å². The van der Waals surface area contributed by atoms with Crippen molar-refractivity contribution in [1.29, 1.82) is 0 Å². The first-order chi connectivity index (χ1) is 10.8. The Hall–Kier alpha value is -0.790. The van der Waals surface area contributed by atoms with Crippen molar-refractivity contribution in [2.24, 2.45) is 17.8 Å². The molecule has 1 saturated heterocycles. The third-order valence-corrected chi connectivity index (χ3v) is 5.62. The first-order valence-electron chi connectivity index (χ1n) is 8.53. The van der Waals surface area contributed by atoms with E-state index in [1.54, 1.807) is 0 Å². The predicted molar refractivity (Wildman–Crippen MR) is 95.2 cm³/mol. The highest BCUT2D eigenvalue weighted by molar-refractivity contribution is 14.1. The Balaban J connectivity index is 1.40. The zero-order valence-electron chi connectivity index (χ0n) is 14.0. The van der Waals surface area contributed by atoms with Gasteiger partial charge in [-0.1, -0.05) is 0 Å². The van der Waals surface area contributed by atoms with Crippen LogP contribution in [-0.2, 0) is 11.3 Å². The Morgan fingerprint density at radius 2 is 2.00 bits per heavy atom. The normalized spacial score (nSPS) is 29.6. The molecule has 0 N–H and O–H groups in total. The molecule has 0 bridgehead atoms. The molecule has 1 aromatic heterocycles. The van der Waals surface area contributed by atoms with Crippen LogP contribution in [0, 0.1) is 21.5 Å². The highest BCUT2D eigenvalue weighted by atomic mass is 127. The number of rotatable bonds is 3. The molecule has 2 saturated carbocycles. The van der Waals surface area contributed by atoms with E-state index in [0.29, 0.717) is 17.8 Å². The van der Waals surface area contributed by atoms with E-state index in [1.807, 2.05) is 25.7 Å². The van der Waals surface area contributed by atoms with Gasteiger partial charge in [0.1, 0.15) is 9.30 Å². The first kappa shape index (κ1) is 15.7. The molecular weight excluding hydrogens is 405 g/mol. The van der Waals surface area contributed by atoms with Crippen molar-refractivity contribution < 1.29 is 9.53 Å². The van der Waals surface area contributed by atoms with E-state index in [0.717, 1.165) is 29.3 Å². The molecule has 126 valence electrons. The lowest BCUT2D eigenvalue weighted by Crippen LogP contribution is -2.37. The summed E-state index contributed by atoms with van der Waals surface area (Å²) in [6, 6.07) is 2.24. The number of ether oxygens (including phenoxy) is 1. The SMILES string of the molecule is CC(C)(C)OC(=O)N1C[C@@H]2[C@H](C1)[C@H]2c1cc(I)nn1CC1CC1. The van der Waals surface area contributed by atoms with E-state index < -0.39 is 5.60 Å². The molecule has 3 atom stereocenters. The number of amides is 1. The van der Waals surface area contributed by atoms with Gasteiger partial charge in [-0.15, -0.1) is 0 Å². The van der Waals surface area contributed by atoms with Gasteiger partial charge in [0.05, 0.1) is 0 Å². The van der Waals surface area contributed by atoms with Gasteiger partial charge < -0.3 is 9.64 Å². The lowest BCUT2D eigenvalue weighted by atomic mass is 10.2. The molecule has 5 nitrogen and oxygen atoms in total. The van der Waals surface area contributed by atoms with E-state index in [1.165, 1.54) is 18.5 Å². The van der Waals surface area contributed by atoms with Gasteiger partial charge in [-0.2, -0.15) is 5.10 Å². The number of hydrogen-bond donors (Lipinski definition) is 0. The van der Waals surface area contributed by atoms with E-state index in [2.05, 4.69) is 38.4 Å². The molecule has 3 aliphatic rings. The van der Waals surface area contributed by atoms with Gasteiger partial charge in [0.2, 0.25) is 0 Å². The molecule has 1 aromatic rings. The molecule has 1 aliphatic heterocycles. The predicted octanol–water partition coefficient (Wildman–Crippen LogP) is 3.48. The fourth-order valence-corrected chi connectivity index (χ4v) is 4.38. The van der Waals surface area contributed by atoms with Crippen LogP contribution in [0.5, 0.6) is 0 Å². The Bertz CT molecular complexity index is 620. The molecule has 3 fully saturated rings. The second-order valence-corrected chi connectivity index (χ2v) is 9.36. The molecule has 6 heteroatoms. The Morgan fingerprint density at radius 1 is 1.35 bits per heavy atom. The fraction of sp³-hybridized carbons (Fsp3) is 0.765. The summed E-state index contributed by atoms with van der Waals surface area (Å²) in [5.41, 5.74) is 0.975.